The summed E-state index contributed by atoms with van der Waals surface area (Å²) in [4.78, 5) is 21.8. The van der Waals surface area contributed by atoms with Gasteiger partial charge in [0.15, 0.2) is 0 Å². The van der Waals surface area contributed by atoms with Crippen molar-refractivity contribution in [1.82, 2.24) is 29.2 Å². The Balaban J connectivity index is 0.889. The van der Waals surface area contributed by atoms with Crippen molar-refractivity contribution < 1.29 is 9.90 Å². The standard InChI is InChI=1S/C34H40Br2N6O2/c1-24-17-25-9-12-41(34(25)38-20-24)23-33(44)37-10-3-2-4-11-39-13-15-40(16-14-39)21-28(43)22-42-31-7-5-26(35)18-29(31)30-19-27(36)6-8-32(30)42/h5-9,12,17-20,28,43H,2-4,10-11,13-16,21-23H2,1H3,(H,37,44). The molecule has 10 heteroatoms. The number of pyridine rings is 1. The Hall–Kier alpha value is -2.76. The van der Waals surface area contributed by atoms with E-state index in [1.54, 1.807) is 0 Å². The molecule has 1 aliphatic rings. The summed E-state index contributed by atoms with van der Waals surface area (Å²) in [5.74, 6) is 0.0301. The van der Waals surface area contributed by atoms with Gasteiger partial charge in [0.2, 0.25) is 5.91 Å². The number of piperazine rings is 1. The Morgan fingerprint density at radius 3 is 2.30 bits per heavy atom. The Morgan fingerprint density at radius 1 is 0.909 bits per heavy atom. The average Bonchev–Trinajstić information content (AvgIpc) is 3.52. The van der Waals surface area contributed by atoms with Crippen molar-refractivity contribution in [3.05, 3.63) is 75.4 Å². The minimum absolute atomic E-state index is 0.0301. The molecule has 0 radical (unpaired) electrons. The number of unbranched alkanes of at least 4 members (excludes halogenated alkanes) is 2. The van der Waals surface area contributed by atoms with Crippen LogP contribution in [-0.2, 0) is 17.9 Å². The van der Waals surface area contributed by atoms with Crippen LogP contribution < -0.4 is 5.32 Å². The third-order valence-electron chi connectivity index (χ3n) is 8.64. The average molecular weight is 725 g/mol. The van der Waals surface area contributed by atoms with Gasteiger partial charge >= 0.3 is 0 Å². The van der Waals surface area contributed by atoms with E-state index in [0.717, 1.165) is 88.6 Å². The van der Waals surface area contributed by atoms with E-state index in [1.165, 1.54) is 10.8 Å². The van der Waals surface area contributed by atoms with Crippen LogP contribution in [0.4, 0.5) is 0 Å². The van der Waals surface area contributed by atoms with Gasteiger partial charge < -0.3 is 24.5 Å². The van der Waals surface area contributed by atoms with Crippen molar-refractivity contribution >= 4 is 70.6 Å². The molecule has 1 fully saturated rings. The zero-order valence-electron chi connectivity index (χ0n) is 25.2. The van der Waals surface area contributed by atoms with Crippen molar-refractivity contribution in [2.24, 2.45) is 0 Å². The number of fused-ring (bicyclic) bond motifs is 4. The lowest BCUT2D eigenvalue weighted by Crippen LogP contribution is -2.49. The summed E-state index contributed by atoms with van der Waals surface area (Å²) in [6.07, 6.45) is 6.54. The number of nitrogens with one attached hydrogen (secondary N) is 1. The second-order valence-corrected chi connectivity index (χ2v) is 13.8. The van der Waals surface area contributed by atoms with Crippen LogP contribution in [0.1, 0.15) is 24.8 Å². The Kier molecular flexibility index (Phi) is 10.0. The molecule has 0 saturated carbocycles. The summed E-state index contributed by atoms with van der Waals surface area (Å²) in [7, 11) is 0. The molecule has 2 aromatic carbocycles. The number of amides is 1. The maximum absolute atomic E-state index is 12.4. The van der Waals surface area contributed by atoms with Gasteiger partial charge in [-0.1, -0.05) is 38.3 Å². The molecule has 1 unspecified atom stereocenters. The highest BCUT2D eigenvalue weighted by molar-refractivity contribution is 9.10. The number of β-amino-alcohol motifs (C(OH)–C–C–N with tert-alkyl or cyclic N) is 1. The largest absolute Gasteiger partial charge is 0.390 e. The smallest absolute Gasteiger partial charge is 0.239 e. The van der Waals surface area contributed by atoms with Crippen LogP contribution in [0.3, 0.4) is 0 Å². The number of nitrogens with zero attached hydrogens (tertiary/aromatic N) is 5. The molecule has 1 aliphatic heterocycles. The fourth-order valence-electron chi connectivity index (χ4n) is 6.40. The van der Waals surface area contributed by atoms with Crippen LogP contribution in [0.15, 0.2) is 69.9 Å². The summed E-state index contributed by atoms with van der Waals surface area (Å²) in [5.41, 5.74) is 4.26. The highest BCUT2D eigenvalue weighted by atomic mass is 79.9. The number of aromatic nitrogens is 3. The van der Waals surface area contributed by atoms with Crippen LogP contribution >= 0.6 is 31.9 Å². The lowest BCUT2D eigenvalue weighted by Gasteiger charge is -2.35. The number of aliphatic hydroxyl groups excluding tert-OH is 1. The molecule has 0 spiro atoms. The number of hydrogen-bond donors (Lipinski definition) is 2. The quantitative estimate of drug-likeness (QED) is 0.156. The van der Waals surface area contributed by atoms with E-state index in [4.69, 9.17) is 0 Å². The number of hydrogen-bond acceptors (Lipinski definition) is 5. The molecular formula is C34H40Br2N6O2. The van der Waals surface area contributed by atoms with Gasteiger partial charge in [0.25, 0.3) is 0 Å². The first-order valence-electron chi connectivity index (χ1n) is 15.5. The number of aryl methyl sites for hydroxylation is 1. The van der Waals surface area contributed by atoms with E-state index in [1.807, 2.05) is 30.0 Å². The molecule has 4 heterocycles. The fourth-order valence-corrected chi connectivity index (χ4v) is 7.12. The van der Waals surface area contributed by atoms with Gasteiger partial charge in [0, 0.05) is 87.8 Å². The highest BCUT2D eigenvalue weighted by Crippen LogP contribution is 2.33. The minimum Gasteiger partial charge on any atom is -0.390 e. The first-order chi connectivity index (χ1) is 21.3. The Bertz CT molecular complexity index is 1700. The monoisotopic (exact) mass is 722 g/mol. The third-order valence-corrected chi connectivity index (χ3v) is 9.63. The number of carbonyl (C=O) groups is 1. The molecule has 1 amide bonds. The summed E-state index contributed by atoms with van der Waals surface area (Å²) in [6, 6.07) is 16.8. The zero-order chi connectivity index (χ0) is 30.6. The molecular weight excluding hydrogens is 684 g/mol. The first kappa shape index (κ1) is 31.2. The predicted octanol–water partition coefficient (Wildman–Crippen LogP) is 5.94. The summed E-state index contributed by atoms with van der Waals surface area (Å²) < 4.78 is 6.28. The van der Waals surface area contributed by atoms with Gasteiger partial charge in [0.05, 0.1) is 12.6 Å². The lowest BCUT2D eigenvalue weighted by atomic mass is 10.2. The molecule has 1 atom stereocenters. The van der Waals surface area contributed by atoms with Gasteiger partial charge in [0.1, 0.15) is 12.2 Å². The van der Waals surface area contributed by atoms with E-state index in [9.17, 15) is 9.90 Å². The molecule has 0 bridgehead atoms. The van der Waals surface area contributed by atoms with Gasteiger partial charge in [-0.3, -0.25) is 9.69 Å². The number of carbonyl (C=O) groups excluding carboxylic acids is 1. The van der Waals surface area contributed by atoms with E-state index < -0.39 is 6.10 Å². The number of aliphatic hydroxyl groups is 1. The van der Waals surface area contributed by atoms with Crippen LogP contribution in [0, 0.1) is 6.92 Å². The normalized spacial score (nSPS) is 15.5. The van der Waals surface area contributed by atoms with E-state index >= 15 is 0 Å². The number of benzene rings is 2. The molecule has 6 rings (SSSR count). The van der Waals surface area contributed by atoms with E-state index in [2.05, 4.69) is 99.0 Å². The summed E-state index contributed by atoms with van der Waals surface area (Å²) >= 11 is 7.23. The van der Waals surface area contributed by atoms with Crippen molar-refractivity contribution in [1.29, 1.82) is 0 Å². The molecule has 8 nitrogen and oxygen atoms in total. The molecule has 0 aliphatic carbocycles. The minimum atomic E-state index is -0.445. The highest BCUT2D eigenvalue weighted by Gasteiger charge is 2.21. The molecule has 232 valence electrons. The molecule has 1 saturated heterocycles. The van der Waals surface area contributed by atoms with Crippen molar-refractivity contribution in [2.45, 2.75) is 45.4 Å². The zero-order valence-corrected chi connectivity index (χ0v) is 28.4. The van der Waals surface area contributed by atoms with Crippen LogP contribution in [0.5, 0.6) is 0 Å². The summed E-state index contributed by atoms with van der Waals surface area (Å²) in [6.45, 7) is 9.36. The van der Waals surface area contributed by atoms with Crippen LogP contribution in [-0.4, -0.2) is 86.8 Å². The van der Waals surface area contributed by atoms with Crippen molar-refractivity contribution in [3.63, 3.8) is 0 Å². The molecule has 5 aromatic rings. The second kappa shape index (κ2) is 14.1. The molecule has 3 aromatic heterocycles. The van der Waals surface area contributed by atoms with Crippen molar-refractivity contribution in [2.75, 3.05) is 45.8 Å². The lowest BCUT2D eigenvalue weighted by molar-refractivity contribution is -0.121. The first-order valence-corrected chi connectivity index (χ1v) is 17.1. The summed E-state index contributed by atoms with van der Waals surface area (Å²) in [5, 5.41) is 17.6. The van der Waals surface area contributed by atoms with Crippen LogP contribution in [0.2, 0.25) is 0 Å². The maximum Gasteiger partial charge on any atom is 0.239 e. The van der Waals surface area contributed by atoms with Gasteiger partial charge in [-0.2, -0.15) is 0 Å². The van der Waals surface area contributed by atoms with Gasteiger partial charge in [-0.05, 0) is 80.4 Å². The third kappa shape index (κ3) is 7.37. The van der Waals surface area contributed by atoms with E-state index in [0.29, 0.717) is 26.2 Å². The number of rotatable bonds is 12. The SMILES string of the molecule is Cc1cnc2c(ccn2CC(=O)NCCCCCN2CCN(CC(O)Cn3c4ccc(Br)cc4c4cc(Br)ccc43)CC2)c1. The molecule has 44 heavy (non-hydrogen) atoms. The fraction of sp³-hybridized carbons (Fsp3) is 0.412. The topological polar surface area (TPSA) is 78.6 Å². The number of halogens is 2. The van der Waals surface area contributed by atoms with Gasteiger partial charge in [-0.15, -0.1) is 0 Å². The van der Waals surface area contributed by atoms with E-state index in [-0.39, 0.29) is 5.91 Å². The Morgan fingerprint density at radius 2 is 1.59 bits per heavy atom. The van der Waals surface area contributed by atoms with Crippen LogP contribution in [0.25, 0.3) is 32.8 Å². The second-order valence-electron chi connectivity index (χ2n) is 12.0. The molecule has 2 N–H and O–H groups in total. The maximum atomic E-state index is 12.4. The predicted molar refractivity (Wildman–Crippen MR) is 185 cm³/mol. The van der Waals surface area contributed by atoms with Crippen molar-refractivity contribution in [3.8, 4) is 0 Å². The van der Waals surface area contributed by atoms with Gasteiger partial charge in [-0.25, -0.2) is 4.98 Å². The Labute approximate surface area is 275 Å².